The maximum Gasteiger partial charge on any atom is 0.468 e. The fraction of sp³-hybridized carbons (Fsp3) is 0.917. The number of piperidine rings is 1. The van der Waals surface area contributed by atoms with Crippen LogP contribution in [0.4, 0.5) is 4.79 Å². The van der Waals surface area contributed by atoms with Gasteiger partial charge in [-0.15, -0.1) is 4.55 Å². The van der Waals surface area contributed by atoms with Gasteiger partial charge in [0.15, 0.2) is 0 Å². The molecule has 0 bridgehead atoms. The molecule has 1 atom stereocenters. The first-order chi connectivity index (χ1) is 7.92. The monoisotopic (exact) mass is 315 g/mol. The van der Waals surface area contributed by atoms with E-state index in [1.165, 1.54) is 17.4 Å². The highest BCUT2D eigenvalue weighted by atomic mass is 79.9. The first-order valence-corrected chi connectivity index (χ1v) is 11.4. The summed E-state index contributed by atoms with van der Waals surface area (Å²) in [5.41, 5.74) is -0.382. The summed E-state index contributed by atoms with van der Waals surface area (Å²) >= 11 is 3.58. The average molecular weight is 317 g/mol. The molecule has 17 heavy (non-hydrogen) atoms. The zero-order chi connectivity index (χ0) is 12.9. The van der Waals surface area contributed by atoms with Crippen LogP contribution in [0.5, 0.6) is 0 Å². The van der Waals surface area contributed by atoms with Gasteiger partial charge in [0.1, 0.15) is 5.60 Å². The van der Waals surface area contributed by atoms with Crippen LogP contribution in [0.25, 0.3) is 0 Å². The van der Waals surface area contributed by atoms with Crippen molar-refractivity contribution in [1.29, 1.82) is 0 Å². The van der Waals surface area contributed by atoms with Crippen LogP contribution in [0.1, 0.15) is 40.0 Å². The third-order valence-electron chi connectivity index (χ3n) is 2.92. The van der Waals surface area contributed by atoms with E-state index in [9.17, 15) is 4.79 Å². The summed E-state index contributed by atoms with van der Waals surface area (Å²) in [7, 11) is 0. The molecule has 1 unspecified atom stereocenters. The minimum absolute atomic E-state index is 0.0171. The molecule has 0 aromatic rings. The molecule has 1 aliphatic rings. The lowest BCUT2D eigenvalue weighted by Crippen LogP contribution is -2.42. The van der Waals surface area contributed by atoms with Gasteiger partial charge in [0.2, 0.25) is 0 Å². The van der Waals surface area contributed by atoms with Crippen molar-refractivity contribution in [3.63, 3.8) is 0 Å². The Bertz CT molecular complexity index is 255. The van der Waals surface area contributed by atoms with E-state index in [2.05, 4.69) is 12.9 Å². The highest BCUT2D eigenvalue weighted by Gasteiger charge is 2.27. The molecule has 1 rings (SSSR count). The first kappa shape index (κ1) is 15.6. The van der Waals surface area contributed by atoms with Crippen LogP contribution in [0, 0.1) is 5.92 Å². The number of likely N-dealkylation sites (tertiary alicyclic amines) is 1. The molecule has 0 aliphatic carbocycles. The molecule has 0 N–H and O–H groups in total. The van der Waals surface area contributed by atoms with Crippen molar-refractivity contribution in [2.24, 2.45) is 5.92 Å². The minimum Gasteiger partial charge on any atom is -0.444 e. The van der Waals surface area contributed by atoms with Crippen LogP contribution in [0.3, 0.4) is 0 Å². The second-order valence-corrected chi connectivity index (χ2v) is 9.23. The molecule has 0 spiro atoms. The van der Waals surface area contributed by atoms with E-state index >= 15 is 0 Å². The van der Waals surface area contributed by atoms with Gasteiger partial charge in [-0.05, 0) is 39.5 Å². The van der Waals surface area contributed by atoms with E-state index in [1.54, 1.807) is 0 Å². The van der Waals surface area contributed by atoms with Gasteiger partial charge in [-0.25, -0.2) is 4.79 Å². The fourth-order valence-corrected chi connectivity index (χ4v) is 3.86. The summed E-state index contributed by atoms with van der Waals surface area (Å²) in [6.45, 7) is 7.50. The Morgan fingerprint density at radius 3 is 2.82 bits per heavy atom. The largest absolute Gasteiger partial charge is 0.468 e. The third kappa shape index (κ3) is 6.29. The van der Waals surface area contributed by atoms with Crippen LogP contribution in [0.2, 0.25) is 4.55 Å². The van der Waals surface area contributed by atoms with Gasteiger partial charge in [0, 0.05) is 13.1 Å². The zero-order valence-corrected chi connectivity index (χ0v) is 14.2. The highest BCUT2D eigenvalue weighted by molar-refractivity contribution is 9.23. The fourth-order valence-electron chi connectivity index (χ4n) is 2.16. The molecular weight excluding hydrogens is 294 g/mol. The molecule has 1 aliphatic heterocycles. The Hall–Kier alpha value is 0.516. The number of halogens is 1. The van der Waals surface area contributed by atoms with Crippen molar-refractivity contribution in [3.05, 3.63) is 0 Å². The average Bonchev–Trinajstić information content (AvgIpc) is 2.24. The molecular formula is C12H22BrMgNO2. The molecule has 0 radical (unpaired) electrons. The van der Waals surface area contributed by atoms with Crippen molar-refractivity contribution in [2.75, 3.05) is 13.1 Å². The molecule has 1 amide bonds. The van der Waals surface area contributed by atoms with Gasteiger partial charge in [0.05, 0.1) is 0 Å². The lowest BCUT2D eigenvalue weighted by atomic mass is 9.96. The normalized spacial score (nSPS) is 20.9. The van der Waals surface area contributed by atoms with E-state index in [0.29, 0.717) is 5.92 Å². The maximum atomic E-state index is 11.9. The lowest BCUT2D eigenvalue weighted by molar-refractivity contribution is 0.0164. The number of hydrogen-bond donors (Lipinski definition) is 0. The molecule has 5 heteroatoms. The highest BCUT2D eigenvalue weighted by Crippen LogP contribution is 2.23. The topological polar surface area (TPSA) is 29.5 Å². The molecule has 0 aromatic heterocycles. The second kappa shape index (κ2) is 7.19. The predicted octanol–water partition coefficient (Wildman–Crippen LogP) is 3.46. The number of amides is 1. The standard InChI is InChI=1S/C12H22NO2.BrH.Mg/c1-5-10-7-6-8-13(9-10)11(14)15-12(2,3)4;;/h10H,1,5-9H2,2-4H3;1H;/q;;+1/p-1. The van der Waals surface area contributed by atoms with Gasteiger partial charge in [-0.3, -0.25) is 0 Å². The number of nitrogens with zero attached hydrogens (tertiary/aromatic N) is 1. The van der Waals surface area contributed by atoms with Crippen LogP contribution >= 0.6 is 12.9 Å². The van der Waals surface area contributed by atoms with E-state index in [-0.39, 0.29) is 29.9 Å². The van der Waals surface area contributed by atoms with E-state index < -0.39 is 0 Å². The van der Waals surface area contributed by atoms with Crippen molar-refractivity contribution in [2.45, 2.75) is 50.2 Å². The summed E-state index contributed by atoms with van der Waals surface area (Å²) < 4.78 is 6.74. The summed E-state index contributed by atoms with van der Waals surface area (Å²) in [6, 6.07) is 0. The third-order valence-corrected chi connectivity index (χ3v) is 5.27. The molecule has 3 nitrogen and oxygen atoms in total. The molecule has 1 saturated heterocycles. The van der Waals surface area contributed by atoms with E-state index in [4.69, 9.17) is 4.74 Å². The number of carbonyl (C=O) groups excluding carboxylic acids is 1. The Morgan fingerprint density at radius 2 is 2.24 bits per heavy atom. The van der Waals surface area contributed by atoms with Crippen molar-refractivity contribution >= 4 is 37.2 Å². The maximum absolute atomic E-state index is 11.9. The van der Waals surface area contributed by atoms with Crippen LogP contribution in [-0.2, 0) is 4.74 Å². The number of ether oxygens (including phenoxy) is 1. The molecule has 1 heterocycles. The number of rotatable bonds is 3. The molecule has 0 aromatic carbocycles. The molecule has 0 saturated carbocycles. The minimum atomic E-state index is -0.382. The molecule has 96 valence electrons. The number of carbonyl (C=O) groups is 1. The van der Waals surface area contributed by atoms with Crippen molar-refractivity contribution in [3.8, 4) is 0 Å². The predicted molar refractivity (Wildman–Crippen MR) is 74.6 cm³/mol. The van der Waals surface area contributed by atoms with E-state index in [1.807, 2.05) is 25.7 Å². The Labute approximate surface area is 120 Å². The van der Waals surface area contributed by atoms with Gasteiger partial charge in [0.25, 0.3) is 0 Å². The summed E-state index contributed by atoms with van der Waals surface area (Å²) in [6.07, 6.45) is 3.50. The SMILES string of the molecule is CC(C)(C)OC(=O)N1CCCC(C[CH2][Mg][Br])C1. The van der Waals surface area contributed by atoms with Gasteiger partial charge < -0.3 is 22.5 Å². The van der Waals surface area contributed by atoms with E-state index in [0.717, 1.165) is 19.5 Å². The van der Waals surface area contributed by atoms with Crippen molar-refractivity contribution < 1.29 is 9.53 Å². The van der Waals surface area contributed by atoms with Gasteiger partial charge >= 0.3 is 24.3 Å². The quantitative estimate of drug-likeness (QED) is 0.746. The van der Waals surface area contributed by atoms with Gasteiger partial charge in [-0.2, -0.15) is 0 Å². The first-order valence-electron chi connectivity index (χ1n) is 6.46. The smallest absolute Gasteiger partial charge is 0.444 e. The Morgan fingerprint density at radius 1 is 1.53 bits per heavy atom. The lowest BCUT2D eigenvalue weighted by Gasteiger charge is -2.34. The van der Waals surface area contributed by atoms with Crippen molar-refractivity contribution in [1.82, 2.24) is 4.90 Å². The number of hydrogen-bond acceptors (Lipinski definition) is 2. The summed E-state index contributed by atoms with van der Waals surface area (Å²) in [5, 5.41) is 0. The summed E-state index contributed by atoms with van der Waals surface area (Å²) in [5.74, 6) is 0.682. The van der Waals surface area contributed by atoms with Crippen LogP contribution in [0.15, 0.2) is 0 Å². The van der Waals surface area contributed by atoms with Gasteiger partial charge in [-0.1, -0.05) is 6.42 Å². The summed E-state index contributed by atoms with van der Waals surface area (Å²) in [4.78, 5) is 13.8. The van der Waals surface area contributed by atoms with Crippen LogP contribution in [-0.4, -0.2) is 47.9 Å². The zero-order valence-electron chi connectivity index (χ0n) is 11.2. The Kier molecular flexibility index (Phi) is 6.59. The molecule has 1 fully saturated rings. The Balaban J connectivity index is 2.40. The van der Waals surface area contributed by atoms with Crippen LogP contribution < -0.4 is 0 Å². The second-order valence-electron chi connectivity index (χ2n) is 5.77.